The van der Waals surface area contributed by atoms with Gasteiger partial charge in [-0.2, -0.15) is 0 Å². The second kappa shape index (κ2) is 6.10. The SMILES string of the molecule is CC(=O)Nc1cc(-c2ccc(C(C)C)cc2)sc1C(=O)O. The van der Waals surface area contributed by atoms with Crippen LogP contribution in [0.2, 0.25) is 0 Å². The molecule has 1 heterocycles. The summed E-state index contributed by atoms with van der Waals surface area (Å²) in [6, 6.07) is 9.74. The second-order valence-electron chi connectivity index (χ2n) is 5.12. The maximum Gasteiger partial charge on any atom is 0.348 e. The molecule has 2 N–H and O–H groups in total. The number of anilines is 1. The summed E-state index contributed by atoms with van der Waals surface area (Å²) in [5.74, 6) is -0.863. The lowest BCUT2D eigenvalue weighted by atomic mass is 10.0. The molecule has 2 aromatic rings. The third-order valence-corrected chi connectivity index (χ3v) is 4.27. The Hall–Kier alpha value is -2.14. The number of hydrogen-bond acceptors (Lipinski definition) is 3. The van der Waals surface area contributed by atoms with Crippen molar-refractivity contribution in [2.75, 3.05) is 5.32 Å². The Morgan fingerprint density at radius 1 is 1.19 bits per heavy atom. The molecule has 4 nitrogen and oxygen atoms in total. The van der Waals surface area contributed by atoms with E-state index in [1.807, 2.05) is 24.3 Å². The molecule has 1 aromatic carbocycles. The van der Waals surface area contributed by atoms with Crippen LogP contribution >= 0.6 is 11.3 Å². The topological polar surface area (TPSA) is 66.4 Å². The van der Waals surface area contributed by atoms with Crippen LogP contribution in [0.4, 0.5) is 5.69 Å². The van der Waals surface area contributed by atoms with Crippen molar-refractivity contribution in [3.05, 3.63) is 40.8 Å². The predicted octanol–water partition coefficient (Wildman–Crippen LogP) is 4.20. The van der Waals surface area contributed by atoms with Crippen LogP contribution in [-0.4, -0.2) is 17.0 Å². The first-order chi connectivity index (χ1) is 9.88. The zero-order chi connectivity index (χ0) is 15.6. The molecule has 0 aliphatic rings. The number of carboxylic acid groups (broad SMARTS) is 1. The predicted molar refractivity (Wildman–Crippen MR) is 85.1 cm³/mol. The van der Waals surface area contributed by atoms with Crippen molar-refractivity contribution in [2.24, 2.45) is 0 Å². The van der Waals surface area contributed by atoms with Gasteiger partial charge in [-0.05, 0) is 23.1 Å². The van der Waals surface area contributed by atoms with E-state index in [0.717, 1.165) is 21.8 Å². The molecule has 0 atom stereocenters. The van der Waals surface area contributed by atoms with E-state index >= 15 is 0 Å². The molecule has 0 fully saturated rings. The van der Waals surface area contributed by atoms with Gasteiger partial charge < -0.3 is 10.4 Å². The first-order valence-electron chi connectivity index (χ1n) is 6.63. The van der Waals surface area contributed by atoms with Gasteiger partial charge in [-0.1, -0.05) is 38.1 Å². The summed E-state index contributed by atoms with van der Waals surface area (Å²) < 4.78 is 0. The summed E-state index contributed by atoms with van der Waals surface area (Å²) in [4.78, 5) is 23.4. The van der Waals surface area contributed by atoms with Crippen molar-refractivity contribution in [1.82, 2.24) is 0 Å². The van der Waals surface area contributed by atoms with Crippen molar-refractivity contribution in [3.63, 3.8) is 0 Å². The normalized spacial score (nSPS) is 10.7. The highest BCUT2D eigenvalue weighted by Gasteiger charge is 2.17. The van der Waals surface area contributed by atoms with E-state index in [9.17, 15) is 14.7 Å². The van der Waals surface area contributed by atoms with Crippen LogP contribution in [0.25, 0.3) is 10.4 Å². The van der Waals surface area contributed by atoms with E-state index in [4.69, 9.17) is 0 Å². The summed E-state index contributed by atoms with van der Waals surface area (Å²) >= 11 is 1.16. The Morgan fingerprint density at radius 3 is 2.29 bits per heavy atom. The number of aromatic carboxylic acids is 1. The van der Waals surface area contributed by atoms with Gasteiger partial charge in [-0.15, -0.1) is 11.3 Å². The molecule has 0 radical (unpaired) electrons. The fourth-order valence-corrected chi connectivity index (χ4v) is 2.96. The molecule has 0 spiro atoms. The number of carboxylic acids is 1. The first kappa shape index (κ1) is 15.3. The maximum atomic E-state index is 11.3. The van der Waals surface area contributed by atoms with Crippen LogP contribution in [0.3, 0.4) is 0 Å². The summed E-state index contributed by atoms with van der Waals surface area (Å²) in [7, 11) is 0. The standard InChI is InChI=1S/C16H17NO3S/c1-9(2)11-4-6-12(7-5-11)14-8-13(17-10(3)18)15(21-14)16(19)20/h4-9H,1-3H3,(H,17,18)(H,19,20). The lowest BCUT2D eigenvalue weighted by Gasteiger charge is -2.05. The van der Waals surface area contributed by atoms with Gasteiger partial charge >= 0.3 is 5.97 Å². The Balaban J connectivity index is 2.39. The fraction of sp³-hybridized carbons (Fsp3) is 0.250. The molecular weight excluding hydrogens is 286 g/mol. The number of carbonyl (C=O) groups is 2. The molecule has 0 saturated heterocycles. The number of carbonyl (C=O) groups excluding carboxylic acids is 1. The molecule has 1 aromatic heterocycles. The van der Waals surface area contributed by atoms with Crippen molar-refractivity contribution in [1.29, 1.82) is 0 Å². The van der Waals surface area contributed by atoms with E-state index in [2.05, 4.69) is 19.2 Å². The molecule has 110 valence electrons. The van der Waals surface area contributed by atoms with Gasteiger partial charge in [0.05, 0.1) is 5.69 Å². The average molecular weight is 303 g/mol. The third-order valence-electron chi connectivity index (χ3n) is 3.10. The highest BCUT2D eigenvalue weighted by atomic mass is 32.1. The Labute approximate surface area is 127 Å². The molecule has 21 heavy (non-hydrogen) atoms. The van der Waals surface area contributed by atoms with E-state index in [1.165, 1.54) is 12.5 Å². The Kier molecular flexibility index (Phi) is 4.43. The molecular formula is C16H17NO3S. The molecule has 0 aliphatic heterocycles. The van der Waals surface area contributed by atoms with Gasteiger partial charge in [-0.25, -0.2) is 4.79 Å². The zero-order valence-electron chi connectivity index (χ0n) is 12.1. The smallest absolute Gasteiger partial charge is 0.348 e. The second-order valence-corrected chi connectivity index (χ2v) is 6.17. The van der Waals surface area contributed by atoms with E-state index in [1.54, 1.807) is 6.07 Å². The molecule has 0 unspecified atom stereocenters. The average Bonchev–Trinajstić information content (AvgIpc) is 2.82. The lowest BCUT2D eigenvalue weighted by Crippen LogP contribution is -2.08. The van der Waals surface area contributed by atoms with E-state index < -0.39 is 5.97 Å². The van der Waals surface area contributed by atoms with Crippen molar-refractivity contribution >= 4 is 28.9 Å². The number of hydrogen-bond donors (Lipinski definition) is 2. The number of rotatable bonds is 4. The molecule has 0 bridgehead atoms. The highest BCUT2D eigenvalue weighted by molar-refractivity contribution is 7.18. The first-order valence-corrected chi connectivity index (χ1v) is 7.45. The van der Waals surface area contributed by atoms with Gasteiger partial charge in [0.1, 0.15) is 4.88 Å². The van der Waals surface area contributed by atoms with Gasteiger partial charge in [0.25, 0.3) is 0 Å². The maximum absolute atomic E-state index is 11.3. The number of thiophene rings is 1. The molecule has 5 heteroatoms. The number of nitrogens with one attached hydrogen (secondary N) is 1. The number of amides is 1. The van der Waals surface area contributed by atoms with E-state index in [0.29, 0.717) is 11.6 Å². The largest absolute Gasteiger partial charge is 0.477 e. The monoisotopic (exact) mass is 303 g/mol. The van der Waals surface area contributed by atoms with Crippen LogP contribution in [0.1, 0.15) is 41.9 Å². The molecule has 2 rings (SSSR count). The zero-order valence-corrected chi connectivity index (χ0v) is 13.0. The lowest BCUT2D eigenvalue weighted by molar-refractivity contribution is -0.114. The van der Waals surface area contributed by atoms with Crippen LogP contribution < -0.4 is 5.32 Å². The molecule has 1 amide bonds. The van der Waals surface area contributed by atoms with Crippen LogP contribution in [-0.2, 0) is 4.79 Å². The van der Waals surface area contributed by atoms with Crippen LogP contribution in [0.5, 0.6) is 0 Å². The van der Waals surface area contributed by atoms with Crippen molar-refractivity contribution in [3.8, 4) is 10.4 Å². The Morgan fingerprint density at radius 2 is 1.81 bits per heavy atom. The van der Waals surface area contributed by atoms with Crippen LogP contribution in [0.15, 0.2) is 30.3 Å². The van der Waals surface area contributed by atoms with E-state index in [-0.39, 0.29) is 10.8 Å². The van der Waals surface area contributed by atoms with Gasteiger partial charge in [-0.3, -0.25) is 4.79 Å². The van der Waals surface area contributed by atoms with Crippen molar-refractivity contribution in [2.45, 2.75) is 26.7 Å². The summed E-state index contributed by atoms with van der Waals surface area (Å²) in [6.07, 6.45) is 0. The summed E-state index contributed by atoms with van der Waals surface area (Å²) in [5, 5.41) is 11.8. The Bertz CT molecular complexity index is 671. The summed E-state index contributed by atoms with van der Waals surface area (Å²) in [6.45, 7) is 5.61. The molecule has 0 aliphatic carbocycles. The van der Waals surface area contributed by atoms with Gasteiger partial charge in [0, 0.05) is 11.8 Å². The summed E-state index contributed by atoms with van der Waals surface area (Å²) in [5.41, 5.74) is 2.53. The van der Waals surface area contributed by atoms with Gasteiger partial charge in [0.15, 0.2) is 0 Å². The minimum absolute atomic E-state index is 0.146. The van der Waals surface area contributed by atoms with Crippen LogP contribution in [0, 0.1) is 0 Å². The third kappa shape index (κ3) is 3.49. The quantitative estimate of drug-likeness (QED) is 0.889. The minimum atomic E-state index is -1.03. The minimum Gasteiger partial charge on any atom is -0.477 e. The number of benzene rings is 1. The van der Waals surface area contributed by atoms with Gasteiger partial charge in [0.2, 0.25) is 5.91 Å². The molecule has 0 saturated carbocycles. The van der Waals surface area contributed by atoms with Crippen molar-refractivity contribution < 1.29 is 14.7 Å². The fourth-order valence-electron chi connectivity index (χ4n) is 2.01. The highest BCUT2D eigenvalue weighted by Crippen LogP contribution is 2.35.